The third kappa shape index (κ3) is 4.97. The largest absolute Gasteiger partial charge is 0.480 e. The number of hydrogen-bond acceptors (Lipinski definition) is 4. The van der Waals surface area contributed by atoms with Gasteiger partial charge in [0.1, 0.15) is 25.2 Å². The summed E-state index contributed by atoms with van der Waals surface area (Å²) < 4.78 is 10.8. The maximum absolute atomic E-state index is 5.63. The molecule has 0 atom stereocenters. The molecule has 1 rings (SSSR count). The Kier molecular flexibility index (Phi) is 7.06. The molecule has 0 radical (unpaired) electrons. The van der Waals surface area contributed by atoms with Gasteiger partial charge in [0.2, 0.25) is 0 Å². The molecule has 0 bridgehead atoms. The van der Waals surface area contributed by atoms with E-state index in [1.165, 1.54) is 7.11 Å². The van der Waals surface area contributed by atoms with Crippen LogP contribution in [0.25, 0.3) is 6.08 Å². The van der Waals surface area contributed by atoms with E-state index in [1.54, 1.807) is 7.11 Å². The molecule has 0 amide bonds. The quantitative estimate of drug-likeness (QED) is 0.439. The van der Waals surface area contributed by atoms with Gasteiger partial charge in [0, 0.05) is 12.7 Å². The molecule has 21 heavy (non-hydrogen) atoms. The molecule has 0 heterocycles. The summed E-state index contributed by atoms with van der Waals surface area (Å²) in [6, 6.07) is 5.93. The van der Waals surface area contributed by atoms with Gasteiger partial charge in [-0.3, -0.25) is 0 Å². The van der Waals surface area contributed by atoms with E-state index in [0.29, 0.717) is 6.61 Å². The lowest BCUT2D eigenvalue weighted by Crippen LogP contribution is -2.09. The van der Waals surface area contributed by atoms with Gasteiger partial charge in [0.25, 0.3) is 0 Å². The Labute approximate surface area is 126 Å². The highest BCUT2D eigenvalue weighted by molar-refractivity contribution is 6.04. The van der Waals surface area contributed by atoms with E-state index in [0.717, 1.165) is 28.2 Å². The lowest BCUT2D eigenvalue weighted by atomic mass is 10.0. The summed E-state index contributed by atoms with van der Waals surface area (Å²) in [7, 11) is 3.13. The minimum absolute atomic E-state index is 0.238. The summed E-state index contributed by atoms with van der Waals surface area (Å²) in [6.07, 6.45) is 7.24. The maximum Gasteiger partial charge on any atom is 0.148 e. The number of aryl methyl sites for hydroxylation is 1. The maximum atomic E-state index is 5.63. The van der Waals surface area contributed by atoms with Crippen molar-refractivity contribution in [2.24, 2.45) is 5.16 Å². The van der Waals surface area contributed by atoms with E-state index in [-0.39, 0.29) is 6.61 Å². The van der Waals surface area contributed by atoms with Crippen LogP contribution >= 0.6 is 0 Å². The third-order valence-electron chi connectivity index (χ3n) is 2.85. The standard InChI is InChI=1S/C17H21NO3/c1-6-10-21-17-13(2)8-7-9-15(17)11-14(3)16(12-19-4)18-20-5/h1,7-9,11H,10,12H2,2-5H3/b14-11+,18-16-. The number of methoxy groups -OCH3 is 1. The predicted octanol–water partition coefficient (Wildman–Crippen LogP) is 3.06. The summed E-state index contributed by atoms with van der Waals surface area (Å²) in [6.45, 7) is 4.55. The molecule has 4 heteroatoms. The molecule has 0 fully saturated rings. The Balaban J connectivity index is 3.15. The fraction of sp³-hybridized carbons (Fsp3) is 0.353. The molecular weight excluding hydrogens is 266 g/mol. The minimum atomic E-state index is 0.238. The van der Waals surface area contributed by atoms with Crippen LogP contribution in [0.2, 0.25) is 0 Å². The van der Waals surface area contributed by atoms with Gasteiger partial charge < -0.3 is 14.3 Å². The van der Waals surface area contributed by atoms with Crippen LogP contribution in [0.5, 0.6) is 5.75 Å². The van der Waals surface area contributed by atoms with E-state index in [2.05, 4.69) is 11.1 Å². The van der Waals surface area contributed by atoms with Crippen molar-refractivity contribution in [1.29, 1.82) is 0 Å². The second-order valence-electron chi connectivity index (χ2n) is 4.47. The summed E-state index contributed by atoms with van der Waals surface area (Å²) >= 11 is 0. The summed E-state index contributed by atoms with van der Waals surface area (Å²) in [5.41, 5.74) is 3.64. The number of nitrogens with zero attached hydrogens (tertiary/aromatic N) is 1. The molecule has 0 aliphatic heterocycles. The molecule has 0 spiro atoms. The number of para-hydroxylation sites is 1. The van der Waals surface area contributed by atoms with Gasteiger partial charge in [0.05, 0.1) is 6.61 Å². The van der Waals surface area contributed by atoms with Gasteiger partial charge in [-0.2, -0.15) is 0 Å². The van der Waals surface area contributed by atoms with E-state index < -0.39 is 0 Å². The molecule has 0 aromatic heterocycles. The Morgan fingerprint density at radius 1 is 1.38 bits per heavy atom. The first-order valence-corrected chi connectivity index (χ1v) is 6.57. The summed E-state index contributed by atoms with van der Waals surface area (Å²) in [5.74, 6) is 3.26. The van der Waals surface area contributed by atoms with Crippen molar-refractivity contribution in [3.63, 3.8) is 0 Å². The first-order chi connectivity index (χ1) is 10.1. The molecule has 0 saturated heterocycles. The smallest absolute Gasteiger partial charge is 0.148 e. The molecule has 4 nitrogen and oxygen atoms in total. The molecule has 112 valence electrons. The van der Waals surface area contributed by atoms with Gasteiger partial charge in [-0.1, -0.05) is 29.3 Å². The summed E-state index contributed by atoms with van der Waals surface area (Å²) in [5, 5.41) is 3.97. The second kappa shape index (κ2) is 8.83. The molecule has 0 aliphatic carbocycles. The average Bonchev–Trinajstić information content (AvgIpc) is 2.46. The molecule has 0 aliphatic rings. The highest BCUT2D eigenvalue weighted by Gasteiger charge is 2.08. The minimum Gasteiger partial charge on any atom is -0.480 e. The number of benzene rings is 1. The van der Waals surface area contributed by atoms with Crippen molar-refractivity contribution in [3.05, 3.63) is 34.9 Å². The Morgan fingerprint density at radius 2 is 2.14 bits per heavy atom. The molecular formula is C17H21NO3. The highest BCUT2D eigenvalue weighted by Crippen LogP contribution is 2.26. The number of terminal acetylenes is 1. The number of hydrogen-bond donors (Lipinski definition) is 0. The lowest BCUT2D eigenvalue weighted by Gasteiger charge is -2.11. The SMILES string of the molecule is C#CCOc1c(C)cccc1/C=C(C)/C(COC)=N\OC. The van der Waals surface area contributed by atoms with E-state index >= 15 is 0 Å². The molecule has 1 aromatic carbocycles. The number of rotatable bonds is 7. The van der Waals surface area contributed by atoms with Crippen molar-refractivity contribution < 1.29 is 14.3 Å². The molecule has 0 N–H and O–H groups in total. The van der Waals surface area contributed by atoms with Gasteiger partial charge >= 0.3 is 0 Å². The van der Waals surface area contributed by atoms with Crippen molar-refractivity contribution in [2.45, 2.75) is 13.8 Å². The van der Waals surface area contributed by atoms with Crippen molar-refractivity contribution in [1.82, 2.24) is 0 Å². The van der Waals surface area contributed by atoms with Crippen LogP contribution in [0.3, 0.4) is 0 Å². The highest BCUT2D eigenvalue weighted by atomic mass is 16.6. The second-order valence-corrected chi connectivity index (χ2v) is 4.47. The normalized spacial score (nSPS) is 12.0. The molecule has 0 unspecified atom stereocenters. The first kappa shape index (κ1) is 16.8. The van der Waals surface area contributed by atoms with Gasteiger partial charge in [-0.25, -0.2) is 0 Å². The van der Waals surface area contributed by atoms with Gasteiger partial charge in [0.15, 0.2) is 0 Å². The monoisotopic (exact) mass is 287 g/mol. The van der Waals surface area contributed by atoms with Crippen LogP contribution in [0.1, 0.15) is 18.1 Å². The van der Waals surface area contributed by atoms with Crippen LogP contribution in [0, 0.1) is 19.3 Å². The van der Waals surface area contributed by atoms with Crippen LogP contribution in [-0.4, -0.2) is 33.1 Å². The van der Waals surface area contributed by atoms with Crippen LogP contribution in [0.4, 0.5) is 0 Å². The zero-order valence-corrected chi connectivity index (χ0v) is 13.0. The van der Waals surface area contributed by atoms with Crippen LogP contribution in [0.15, 0.2) is 28.9 Å². The predicted molar refractivity (Wildman–Crippen MR) is 85.5 cm³/mol. The zero-order chi connectivity index (χ0) is 15.7. The first-order valence-electron chi connectivity index (χ1n) is 6.57. The zero-order valence-electron chi connectivity index (χ0n) is 13.0. The van der Waals surface area contributed by atoms with E-state index in [1.807, 2.05) is 38.1 Å². The molecule has 1 aromatic rings. The fourth-order valence-electron chi connectivity index (χ4n) is 1.88. The number of oxime groups is 1. The van der Waals surface area contributed by atoms with E-state index in [4.69, 9.17) is 20.7 Å². The topological polar surface area (TPSA) is 40.0 Å². The van der Waals surface area contributed by atoms with Crippen molar-refractivity contribution in [3.8, 4) is 18.1 Å². The fourth-order valence-corrected chi connectivity index (χ4v) is 1.88. The van der Waals surface area contributed by atoms with Crippen LogP contribution < -0.4 is 4.74 Å². The number of ether oxygens (including phenoxy) is 2. The Bertz CT molecular complexity index is 568. The molecule has 0 saturated carbocycles. The van der Waals surface area contributed by atoms with Crippen molar-refractivity contribution in [2.75, 3.05) is 27.4 Å². The Morgan fingerprint density at radius 3 is 2.76 bits per heavy atom. The van der Waals surface area contributed by atoms with E-state index in [9.17, 15) is 0 Å². The van der Waals surface area contributed by atoms with Crippen LogP contribution in [-0.2, 0) is 9.57 Å². The van der Waals surface area contributed by atoms with Crippen molar-refractivity contribution >= 4 is 11.8 Å². The van der Waals surface area contributed by atoms with Gasteiger partial charge in [-0.05, 0) is 31.1 Å². The summed E-state index contributed by atoms with van der Waals surface area (Å²) in [4.78, 5) is 4.84. The van der Waals surface area contributed by atoms with Gasteiger partial charge in [-0.15, -0.1) is 6.42 Å². The lowest BCUT2D eigenvalue weighted by molar-refractivity contribution is 0.201. The Hall–Kier alpha value is -2.25. The third-order valence-corrected chi connectivity index (χ3v) is 2.85. The average molecular weight is 287 g/mol.